The molecule has 1 heterocycles. The summed E-state index contributed by atoms with van der Waals surface area (Å²) in [4.78, 5) is 14.2. The van der Waals surface area contributed by atoms with Crippen LogP contribution in [0.5, 0.6) is 0 Å². The Morgan fingerprint density at radius 1 is 1.33 bits per heavy atom. The molecule has 0 aliphatic carbocycles. The molecule has 1 amide bonds. The first-order chi connectivity index (χ1) is 9.99. The molecule has 0 unspecified atom stereocenters. The number of aromatic nitrogens is 2. The van der Waals surface area contributed by atoms with Gasteiger partial charge in [-0.1, -0.05) is 25.4 Å². The molecule has 0 bridgehead atoms. The Kier molecular flexibility index (Phi) is 7.75. The predicted molar refractivity (Wildman–Crippen MR) is 86.7 cm³/mol. The lowest BCUT2D eigenvalue weighted by Crippen LogP contribution is -2.30. The van der Waals surface area contributed by atoms with Crippen LogP contribution < -0.4 is 5.32 Å². The lowest BCUT2D eigenvalue weighted by atomic mass is 10.3. The molecule has 1 N–H and O–H groups in total. The SMILES string of the molecule is CCN(CC)CCCNC(=O)CCn1nc(C)c(Cl)c1C. The number of hydrogen-bond donors (Lipinski definition) is 1. The van der Waals surface area contributed by atoms with Gasteiger partial charge in [0.15, 0.2) is 0 Å². The van der Waals surface area contributed by atoms with Gasteiger partial charge in [0.05, 0.1) is 23.0 Å². The van der Waals surface area contributed by atoms with E-state index in [0.717, 1.165) is 44.0 Å². The molecule has 0 fully saturated rings. The van der Waals surface area contributed by atoms with Crippen LogP contribution in [-0.2, 0) is 11.3 Å². The molecule has 120 valence electrons. The maximum absolute atomic E-state index is 11.8. The summed E-state index contributed by atoms with van der Waals surface area (Å²) < 4.78 is 1.80. The first-order valence-electron chi connectivity index (χ1n) is 7.68. The quantitative estimate of drug-likeness (QED) is 0.712. The number of rotatable bonds is 9. The second-order valence-corrected chi connectivity index (χ2v) is 5.57. The van der Waals surface area contributed by atoms with Crippen molar-refractivity contribution >= 4 is 17.5 Å². The van der Waals surface area contributed by atoms with E-state index < -0.39 is 0 Å². The lowest BCUT2D eigenvalue weighted by Gasteiger charge is -2.17. The number of carbonyl (C=O) groups is 1. The number of amides is 1. The normalized spacial score (nSPS) is 11.1. The van der Waals surface area contributed by atoms with Crippen molar-refractivity contribution < 1.29 is 4.79 Å². The second-order valence-electron chi connectivity index (χ2n) is 5.19. The molecule has 21 heavy (non-hydrogen) atoms. The molecular weight excluding hydrogens is 288 g/mol. The average molecular weight is 315 g/mol. The third-order valence-corrected chi connectivity index (χ3v) is 4.26. The van der Waals surface area contributed by atoms with Crippen LogP contribution in [-0.4, -0.2) is 46.8 Å². The van der Waals surface area contributed by atoms with Crippen LogP contribution in [0.25, 0.3) is 0 Å². The van der Waals surface area contributed by atoms with Crippen LogP contribution in [0.4, 0.5) is 0 Å². The van der Waals surface area contributed by atoms with Gasteiger partial charge in [-0.3, -0.25) is 9.48 Å². The first-order valence-corrected chi connectivity index (χ1v) is 8.05. The number of halogens is 1. The molecule has 0 aromatic carbocycles. The molecule has 0 radical (unpaired) electrons. The highest BCUT2D eigenvalue weighted by atomic mass is 35.5. The highest BCUT2D eigenvalue weighted by Crippen LogP contribution is 2.18. The Bertz CT molecular complexity index is 455. The summed E-state index contributed by atoms with van der Waals surface area (Å²) in [6.45, 7) is 12.5. The molecule has 1 aromatic rings. The van der Waals surface area contributed by atoms with Gasteiger partial charge >= 0.3 is 0 Å². The largest absolute Gasteiger partial charge is 0.356 e. The predicted octanol–water partition coefficient (Wildman–Crippen LogP) is 2.39. The summed E-state index contributed by atoms with van der Waals surface area (Å²) in [5.41, 5.74) is 1.73. The van der Waals surface area contributed by atoms with Crippen LogP contribution >= 0.6 is 11.6 Å². The third-order valence-electron chi connectivity index (χ3n) is 3.71. The number of nitrogens with zero attached hydrogens (tertiary/aromatic N) is 3. The Morgan fingerprint density at radius 2 is 2.00 bits per heavy atom. The lowest BCUT2D eigenvalue weighted by molar-refractivity contribution is -0.121. The highest BCUT2D eigenvalue weighted by molar-refractivity contribution is 6.31. The van der Waals surface area contributed by atoms with E-state index in [1.807, 2.05) is 13.8 Å². The summed E-state index contributed by atoms with van der Waals surface area (Å²) in [6, 6.07) is 0. The maximum Gasteiger partial charge on any atom is 0.221 e. The van der Waals surface area contributed by atoms with Gasteiger partial charge in [-0.05, 0) is 39.9 Å². The zero-order valence-electron chi connectivity index (χ0n) is 13.6. The summed E-state index contributed by atoms with van der Waals surface area (Å²) in [5, 5.41) is 7.97. The Hall–Kier alpha value is -1.07. The van der Waals surface area contributed by atoms with E-state index in [9.17, 15) is 4.79 Å². The minimum atomic E-state index is 0.0678. The molecule has 0 saturated heterocycles. The second kappa shape index (κ2) is 9.05. The summed E-state index contributed by atoms with van der Waals surface area (Å²) in [6.07, 6.45) is 1.42. The van der Waals surface area contributed by atoms with Crippen molar-refractivity contribution in [1.29, 1.82) is 0 Å². The summed E-state index contributed by atoms with van der Waals surface area (Å²) in [7, 11) is 0. The standard InChI is InChI=1S/C15H27ClN4O/c1-5-19(6-2)10-7-9-17-14(21)8-11-20-13(4)15(16)12(3)18-20/h5-11H2,1-4H3,(H,17,21). The van der Waals surface area contributed by atoms with Crippen LogP contribution in [0.3, 0.4) is 0 Å². The molecule has 0 aliphatic rings. The topological polar surface area (TPSA) is 50.2 Å². The maximum atomic E-state index is 11.8. The van der Waals surface area contributed by atoms with Crippen molar-refractivity contribution in [3.63, 3.8) is 0 Å². The van der Waals surface area contributed by atoms with Crippen molar-refractivity contribution in [1.82, 2.24) is 20.0 Å². The minimum Gasteiger partial charge on any atom is -0.356 e. The van der Waals surface area contributed by atoms with E-state index in [-0.39, 0.29) is 5.91 Å². The van der Waals surface area contributed by atoms with Gasteiger partial charge in [-0.15, -0.1) is 0 Å². The fourth-order valence-electron chi connectivity index (χ4n) is 2.26. The fourth-order valence-corrected chi connectivity index (χ4v) is 2.39. The van der Waals surface area contributed by atoms with Crippen molar-refractivity contribution in [2.75, 3.05) is 26.2 Å². The van der Waals surface area contributed by atoms with Crippen molar-refractivity contribution in [2.45, 2.75) is 47.1 Å². The molecule has 0 spiro atoms. The van der Waals surface area contributed by atoms with Crippen LogP contribution in [0.15, 0.2) is 0 Å². The first kappa shape index (κ1) is 18.0. The minimum absolute atomic E-state index is 0.0678. The van der Waals surface area contributed by atoms with Crippen molar-refractivity contribution in [3.8, 4) is 0 Å². The Balaban J connectivity index is 2.24. The van der Waals surface area contributed by atoms with Gasteiger partial charge in [0.1, 0.15) is 0 Å². The van der Waals surface area contributed by atoms with E-state index >= 15 is 0 Å². The monoisotopic (exact) mass is 314 g/mol. The molecule has 0 saturated carbocycles. The molecule has 5 nitrogen and oxygen atoms in total. The summed E-state index contributed by atoms with van der Waals surface area (Å²) in [5.74, 6) is 0.0678. The van der Waals surface area contributed by atoms with Crippen molar-refractivity contribution in [3.05, 3.63) is 16.4 Å². The van der Waals surface area contributed by atoms with Gasteiger partial charge in [-0.25, -0.2) is 0 Å². The van der Waals surface area contributed by atoms with E-state index in [1.165, 1.54) is 0 Å². The van der Waals surface area contributed by atoms with Gasteiger partial charge in [0.2, 0.25) is 5.91 Å². The summed E-state index contributed by atoms with van der Waals surface area (Å²) >= 11 is 6.08. The van der Waals surface area contributed by atoms with E-state index in [0.29, 0.717) is 18.0 Å². The smallest absolute Gasteiger partial charge is 0.221 e. The third kappa shape index (κ3) is 5.67. The van der Waals surface area contributed by atoms with Gasteiger partial charge < -0.3 is 10.2 Å². The Labute approximate surface area is 132 Å². The van der Waals surface area contributed by atoms with Crippen LogP contribution in [0.1, 0.15) is 38.1 Å². The number of aryl methyl sites for hydroxylation is 2. The number of hydrogen-bond acceptors (Lipinski definition) is 3. The van der Waals surface area contributed by atoms with Crippen LogP contribution in [0.2, 0.25) is 5.02 Å². The molecule has 6 heteroatoms. The van der Waals surface area contributed by atoms with Crippen molar-refractivity contribution in [2.24, 2.45) is 0 Å². The van der Waals surface area contributed by atoms with Gasteiger partial charge in [-0.2, -0.15) is 5.10 Å². The van der Waals surface area contributed by atoms with Gasteiger partial charge in [0, 0.05) is 13.0 Å². The molecular formula is C15H27ClN4O. The average Bonchev–Trinajstić information content (AvgIpc) is 2.72. The molecule has 1 rings (SSSR count). The molecule has 1 aromatic heterocycles. The zero-order chi connectivity index (χ0) is 15.8. The van der Waals surface area contributed by atoms with E-state index in [2.05, 4.69) is 29.2 Å². The highest BCUT2D eigenvalue weighted by Gasteiger charge is 2.10. The number of nitrogens with one attached hydrogen (secondary N) is 1. The fraction of sp³-hybridized carbons (Fsp3) is 0.733. The van der Waals surface area contributed by atoms with E-state index in [4.69, 9.17) is 11.6 Å². The van der Waals surface area contributed by atoms with Gasteiger partial charge in [0.25, 0.3) is 0 Å². The number of carbonyl (C=O) groups excluding carboxylic acids is 1. The Morgan fingerprint density at radius 3 is 2.52 bits per heavy atom. The van der Waals surface area contributed by atoms with Crippen LogP contribution in [0, 0.1) is 13.8 Å². The van der Waals surface area contributed by atoms with E-state index in [1.54, 1.807) is 4.68 Å². The molecule has 0 atom stereocenters. The molecule has 0 aliphatic heterocycles. The zero-order valence-corrected chi connectivity index (χ0v) is 14.3.